The summed E-state index contributed by atoms with van der Waals surface area (Å²) in [4.78, 5) is 4.91. The molecule has 14 aromatic rings. The monoisotopic (exact) mass is 1010 g/mol. The molecule has 0 spiro atoms. The van der Waals surface area contributed by atoms with E-state index in [9.17, 15) is 0 Å². The highest BCUT2D eigenvalue weighted by atomic mass is 16.3. The lowest BCUT2D eigenvalue weighted by Gasteiger charge is -2.33. The first kappa shape index (κ1) is 47.0. The van der Waals surface area contributed by atoms with Gasteiger partial charge in [0.15, 0.2) is 0 Å². The van der Waals surface area contributed by atoms with Crippen molar-refractivity contribution in [1.82, 2.24) is 0 Å². The van der Waals surface area contributed by atoms with Gasteiger partial charge in [0.2, 0.25) is 0 Å². The lowest BCUT2D eigenvalue weighted by molar-refractivity contribution is 0.669. The van der Waals surface area contributed by atoms with Crippen molar-refractivity contribution in [2.75, 3.05) is 9.80 Å². The standard InChI is InChI=1S/C76H52N2O/c1-4-24-53(25-5-1)62-34-12-13-35-63(62)59-32-22-33-61(50-59)78(71-42-19-15-37-65(71)55-28-8-3-9-29-55)73-44-21-17-39-68(73)67-38-16-20-43-72(67)77(70-41-18-14-36-64(70)54-26-6-2-7-27-54)60-48-46-56(47-49-60)66-40-23-45-74-76(66)69-51-57-30-10-11-31-58(57)52-75(69)79-74/h1-52H. The van der Waals surface area contributed by atoms with Crippen molar-refractivity contribution in [3.8, 4) is 66.8 Å². The van der Waals surface area contributed by atoms with Crippen molar-refractivity contribution in [2.45, 2.75) is 0 Å². The summed E-state index contributed by atoms with van der Waals surface area (Å²) in [7, 11) is 0. The molecule has 0 aliphatic heterocycles. The lowest BCUT2D eigenvalue weighted by atomic mass is 9.93. The van der Waals surface area contributed by atoms with Gasteiger partial charge < -0.3 is 14.2 Å². The van der Waals surface area contributed by atoms with Crippen LogP contribution in [0.25, 0.3) is 99.5 Å². The highest BCUT2D eigenvalue weighted by Crippen LogP contribution is 2.51. The van der Waals surface area contributed by atoms with E-state index in [2.05, 4.69) is 325 Å². The first-order chi connectivity index (χ1) is 39.2. The molecule has 79 heavy (non-hydrogen) atoms. The maximum absolute atomic E-state index is 6.56. The van der Waals surface area contributed by atoms with Crippen molar-refractivity contribution in [3.05, 3.63) is 315 Å². The summed E-state index contributed by atoms with van der Waals surface area (Å²) in [6.45, 7) is 0. The molecule has 13 aromatic carbocycles. The number of para-hydroxylation sites is 4. The van der Waals surface area contributed by atoms with Gasteiger partial charge in [0.05, 0.1) is 22.7 Å². The molecule has 0 atom stereocenters. The minimum absolute atomic E-state index is 0.877. The van der Waals surface area contributed by atoms with Crippen LogP contribution in [0.3, 0.4) is 0 Å². The predicted molar refractivity (Wildman–Crippen MR) is 333 cm³/mol. The predicted octanol–water partition coefficient (Wildman–Crippen LogP) is 21.7. The Hall–Kier alpha value is -10.5. The molecule has 0 bridgehead atoms. The van der Waals surface area contributed by atoms with Crippen molar-refractivity contribution < 1.29 is 4.42 Å². The zero-order chi connectivity index (χ0) is 52.5. The van der Waals surface area contributed by atoms with Crippen LogP contribution >= 0.6 is 0 Å². The van der Waals surface area contributed by atoms with E-state index in [4.69, 9.17) is 4.42 Å². The summed E-state index contributed by atoms with van der Waals surface area (Å²) >= 11 is 0. The summed E-state index contributed by atoms with van der Waals surface area (Å²) in [5.74, 6) is 0. The molecule has 0 unspecified atom stereocenters. The Bertz CT molecular complexity index is 4490. The second kappa shape index (κ2) is 20.6. The van der Waals surface area contributed by atoms with Crippen molar-refractivity contribution in [1.29, 1.82) is 0 Å². The summed E-state index contributed by atoms with van der Waals surface area (Å²) in [6.07, 6.45) is 0. The molecule has 0 saturated heterocycles. The molecule has 3 nitrogen and oxygen atoms in total. The molecule has 0 fully saturated rings. The number of hydrogen-bond donors (Lipinski definition) is 0. The number of hydrogen-bond acceptors (Lipinski definition) is 3. The first-order valence-corrected chi connectivity index (χ1v) is 27.0. The van der Waals surface area contributed by atoms with E-state index < -0.39 is 0 Å². The molecule has 372 valence electrons. The summed E-state index contributed by atoms with van der Waals surface area (Å²) < 4.78 is 6.56. The van der Waals surface area contributed by atoms with E-state index in [0.717, 1.165) is 106 Å². The molecule has 0 saturated carbocycles. The maximum atomic E-state index is 6.56. The van der Waals surface area contributed by atoms with Gasteiger partial charge in [0, 0.05) is 44.4 Å². The minimum atomic E-state index is 0.877. The van der Waals surface area contributed by atoms with Gasteiger partial charge in [-0.2, -0.15) is 0 Å². The number of furan rings is 1. The molecular weight excluding hydrogens is 957 g/mol. The van der Waals surface area contributed by atoms with Crippen LogP contribution < -0.4 is 9.80 Å². The van der Waals surface area contributed by atoms with E-state index in [1.54, 1.807) is 0 Å². The fourth-order valence-corrected chi connectivity index (χ4v) is 11.6. The number of fused-ring (bicyclic) bond motifs is 4. The van der Waals surface area contributed by atoms with Crippen molar-refractivity contribution in [3.63, 3.8) is 0 Å². The van der Waals surface area contributed by atoms with Crippen LogP contribution in [0.15, 0.2) is 320 Å². The zero-order valence-corrected chi connectivity index (χ0v) is 43.3. The summed E-state index contributed by atoms with van der Waals surface area (Å²) in [5.41, 5.74) is 21.7. The summed E-state index contributed by atoms with van der Waals surface area (Å²) in [6, 6.07) is 114. The third-order valence-corrected chi connectivity index (χ3v) is 15.3. The number of rotatable bonds is 12. The van der Waals surface area contributed by atoms with E-state index in [1.165, 1.54) is 27.5 Å². The smallest absolute Gasteiger partial charge is 0.136 e. The lowest BCUT2D eigenvalue weighted by Crippen LogP contribution is -2.15. The number of benzene rings is 13. The molecule has 14 rings (SSSR count). The maximum Gasteiger partial charge on any atom is 0.136 e. The van der Waals surface area contributed by atoms with Gasteiger partial charge in [-0.15, -0.1) is 0 Å². The van der Waals surface area contributed by atoms with Crippen molar-refractivity contribution >= 4 is 66.8 Å². The quantitative estimate of drug-likeness (QED) is 0.122. The fraction of sp³-hybridized carbons (Fsp3) is 0. The molecule has 0 aliphatic carbocycles. The Kier molecular flexibility index (Phi) is 12.2. The van der Waals surface area contributed by atoms with Gasteiger partial charge in [-0.25, -0.2) is 0 Å². The van der Waals surface area contributed by atoms with E-state index in [0.29, 0.717) is 0 Å². The normalized spacial score (nSPS) is 11.3. The Labute approximate surface area is 460 Å². The molecule has 0 aliphatic rings. The Morgan fingerprint density at radius 1 is 0.215 bits per heavy atom. The highest BCUT2D eigenvalue weighted by Gasteiger charge is 2.26. The number of anilines is 6. The molecule has 0 amide bonds. The molecule has 0 radical (unpaired) electrons. The second-order valence-electron chi connectivity index (χ2n) is 20.0. The Morgan fingerprint density at radius 3 is 1.15 bits per heavy atom. The third-order valence-electron chi connectivity index (χ3n) is 15.3. The van der Waals surface area contributed by atoms with Crippen LogP contribution in [-0.4, -0.2) is 0 Å². The Morgan fingerprint density at radius 2 is 0.595 bits per heavy atom. The van der Waals surface area contributed by atoms with Gasteiger partial charge in [0.1, 0.15) is 11.2 Å². The molecular formula is C76H52N2O. The highest BCUT2D eigenvalue weighted by molar-refractivity contribution is 6.15. The van der Waals surface area contributed by atoms with Crippen molar-refractivity contribution in [2.24, 2.45) is 0 Å². The van der Waals surface area contributed by atoms with E-state index in [1.807, 2.05) is 0 Å². The van der Waals surface area contributed by atoms with Gasteiger partial charge >= 0.3 is 0 Å². The molecule has 1 heterocycles. The molecule has 0 N–H and O–H groups in total. The fourth-order valence-electron chi connectivity index (χ4n) is 11.6. The van der Waals surface area contributed by atoms with Crippen LogP contribution in [0, 0.1) is 0 Å². The molecule has 3 heteroatoms. The average molecular weight is 1010 g/mol. The molecule has 1 aromatic heterocycles. The Balaban J connectivity index is 0.960. The average Bonchev–Trinajstić information content (AvgIpc) is 4.11. The largest absolute Gasteiger partial charge is 0.456 e. The van der Waals surface area contributed by atoms with E-state index in [-0.39, 0.29) is 0 Å². The summed E-state index contributed by atoms with van der Waals surface area (Å²) in [5, 5.41) is 4.59. The number of nitrogens with zero attached hydrogens (tertiary/aromatic N) is 2. The van der Waals surface area contributed by atoms with Crippen LogP contribution in [0.1, 0.15) is 0 Å². The van der Waals surface area contributed by atoms with Crippen LogP contribution in [0.5, 0.6) is 0 Å². The van der Waals surface area contributed by atoms with E-state index >= 15 is 0 Å². The van der Waals surface area contributed by atoms with Crippen LogP contribution in [0.2, 0.25) is 0 Å². The van der Waals surface area contributed by atoms with Crippen LogP contribution in [-0.2, 0) is 0 Å². The first-order valence-electron chi connectivity index (χ1n) is 27.0. The SMILES string of the molecule is c1ccc(-c2ccccc2-c2cccc(N(c3ccccc3-c3ccccc3)c3ccccc3-c3ccccc3N(c3ccc(-c4cccc5oc6cc7ccccc7cc6c45)cc3)c3ccccc3-c3ccccc3)c2)cc1. The topological polar surface area (TPSA) is 19.6 Å². The minimum Gasteiger partial charge on any atom is -0.456 e. The van der Waals surface area contributed by atoms with Gasteiger partial charge in [-0.1, -0.05) is 249 Å². The zero-order valence-electron chi connectivity index (χ0n) is 43.3. The van der Waals surface area contributed by atoms with Crippen LogP contribution in [0.4, 0.5) is 34.1 Å². The third kappa shape index (κ3) is 8.80. The van der Waals surface area contributed by atoms with Gasteiger partial charge in [-0.3, -0.25) is 0 Å². The van der Waals surface area contributed by atoms with Gasteiger partial charge in [-0.05, 0) is 122 Å². The second-order valence-corrected chi connectivity index (χ2v) is 20.0. The van der Waals surface area contributed by atoms with Gasteiger partial charge in [0.25, 0.3) is 0 Å².